The molecule has 32 heavy (non-hydrogen) atoms. The maximum atomic E-state index is 13.3. The minimum atomic E-state index is -0.270. The van der Waals surface area contributed by atoms with Crippen LogP contribution in [-0.4, -0.2) is 34.3 Å². The predicted octanol–water partition coefficient (Wildman–Crippen LogP) is 5.78. The zero-order valence-electron chi connectivity index (χ0n) is 19.0. The highest BCUT2D eigenvalue weighted by Crippen LogP contribution is 2.17. The van der Waals surface area contributed by atoms with Crippen molar-refractivity contribution in [1.29, 1.82) is 0 Å². The second kappa shape index (κ2) is 11.5. The van der Waals surface area contributed by atoms with Crippen molar-refractivity contribution in [3.8, 4) is 0 Å². The van der Waals surface area contributed by atoms with Crippen molar-refractivity contribution in [2.75, 3.05) is 11.9 Å². The Labute approximate surface area is 194 Å². The first-order chi connectivity index (χ1) is 15.5. The number of aryl methyl sites for hydroxylation is 1. The Kier molecular flexibility index (Phi) is 8.45. The number of benzene rings is 2. The van der Waals surface area contributed by atoms with Crippen molar-refractivity contribution in [2.45, 2.75) is 46.3 Å². The number of nitrogens with one attached hydrogen (secondary N) is 1. The number of nitrogens with zero attached hydrogens (tertiary/aromatic N) is 2. The van der Waals surface area contributed by atoms with Gasteiger partial charge in [0.2, 0.25) is 5.91 Å². The van der Waals surface area contributed by atoms with E-state index in [1.807, 2.05) is 90.9 Å². The van der Waals surface area contributed by atoms with Crippen LogP contribution in [0.1, 0.15) is 36.8 Å². The highest BCUT2D eigenvalue weighted by atomic mass is 32.1. The fourth-order valence-electron chi connectivity index (χ4n) is 3.38. The van der Waals surface area contributed by atoms with Crippen molar-refractivity contribution in [3.05, 3.63) is 88.1 Å². The SMILES string of the molecule is CCc1ccc(NC(=O)N(CC(=O)N(Cc2ccccc2)Cc2cccs2)C(C)C)cc1. The standard InChI is InChI=1S/C26H31N3O2S/c1-4-21-12-14-23(15-13-21)27-26(31)29(20(2)3)19-25(30)28(18-24-11-8-16-32-24)17-22-9-6-5-7-10-22/h5-16,20H,4,17-19H2,1-3H3,(H,27,31). The molecule has 3 aromatic rings. The van der Waals surface area contributed by atoms with Gasteiger partial charge in [-0.05, 0) is 55.0 Å². The third-order valence-electron chi connectivity index (χ3n) is 5.30. The van der Waals surface area contributed by atoms with Gasteiger partial charge in [-0.15, -0.1) is 11.3 Å². The van der Waals surface area contributed by atoms with Gasteiger partial charge >= 0.3 is 6.03 Å². The number of carbonyl (C=O) groups excluding carboxylic acids is 2. The molecule has 1 heterocycles. The summed E-state index contributed by atoms with van der Waals surface area (Å²) in [5, 5.41) is 4.94. The van der Waals surface area contributed by atoms with Crippen LogP contribution in [0.5, 0.6) is 0 Å². The van der Waals surface area contributed by atoms with Crippen LogP contribution in [0.3, 0.4) is 0 Å². The van der Waals surface area contributed by atoms with Crippen LogP contribution in [0.2, 0.25) is 0 Å². The van der Waals surface area contributed by atoms with E-state index in [0.717, 1.165) is 22.5 Å². The van der Waals surface area contributed by atoms with Crippen LogP contribution in [0, 0.1) is 0 Å². The van der Waals surface area contributed by atoms with E-state index in [2.05, 4.69) is 12.2 Å². The van der Waals surface area contributed by atoms with Gasteiger partial charge in [-0.25, -0.2) is 4.79 Å². The van der Waals surface area contributed by atoms with Gasteiger partial charge in [-0.3, -0.25) is 4.79 Å². The first-order valence-electron chi connectivity index (χ1n) is 11.0. The molecule has 0 radical (unpaired) electrons. The minimum absolute atomic E-state index is 0.0226. The lowest BCUT2D eigenvalue weighted by Gasteiger charge is -2.30. The zero-order chi connectivity index (χ0) is 22.9. The largest absolute Gasteiger partial charge is 0.332 e. The van der Waals surface area contributed by atoms with E-state index in [-0.39, 0.29) is 24.5 Å². The topological polar surface area (TPSA) is 52.7 Å². The molecule has 0 bridgehead atoms. The lowest BCUT2D eigenvalue weighted by Crippen LogP contribution is -2.47. The Bertz CT molecular complexity index is 986. The number of rotatable bonds is 9. The average Bonchev–Trinajstić information content (AvgIpc) is 3.31. The van der Waals surface area contributed by atoms with Gasteiger partial charge in [0.05, 0.1) is 6.54 Å². The van der Waals surface area contributed by atoms with Gasteiger partial charge in [0.25, 0.3) is 0 Å². The Morgan fingerprint density at radius 2 is 1.62 bits per heavy atom. The van der Waals surface area contributed by atoms with Crippen molar-refractivity contribution < 1.29 is 9.59 Å². The fraction of sp³-hybridized carbons (Fsp3) is 0.308. The van der Waals surface area contributed by atoms with Gasteiger partial charge in [0.15, 0.2) is 0 Å². The Balaban J connectivity index is 1.72. The molecule has 3 amide bonds. The van der Waals surface area contributed by atoms with Gasteiger partial charge in [-0.2, -0.15) is 0 Å². The number of amides is 3. The highest BCUT2D eigenvalue weighted by Gasteiger charge is 2.24. The van der Waals surface area contributed by atoms with E-state index in [0.29, 0.717) is 13.1 Å². The minimum Gasteiger partial charge on any atom is -0.332 e. The maximum Gasteiger partial charge on any atom is 0.322 e. The molecule has 5 nitrogen and oxygen atoms in total. The molecule has 0 aliphatic heterocycles. The number of hydrogen-bond acceptors (Lipinski definition) is 3. The lowest BCUT2D eigenvalue weighted by atomic mass is 10.1. The molecule has 0 atom stereocenters. The summed E-state index contributed by atoms with van der Waals surface area (Å²) in [6, 6.07) is 21.4. The molecule has 0 fully saturated rings. The van der Waals surface area contributed by atoms with Gasteiger partial charge in [0.1, 0.15) is 6.54 Å². The third-order valence-corrected chi connectivity index (χ3v) is 6.16. The first kappa shape index (κ1) is 23.5. The quantitative estimate of drug-likeness (QED) is 0.450. The van der Waals surface area contributed by atoms with Crippen molar-refractivity contribution in [1.82, 2.24) is 9.80 Å². The Morgan fingerprint density at radius 3 is 2.22 bits per heavy atom. The van der Waals surface area contributed by atoms with E-state index >= 15 is 0 Å². The van der Waals surface area contributed by atoms with Crippen LogP contribution in [0.4, 0.5) is 10.5 Å². The number of thiophene rings is 1. The van der Waals surface area contributed by atoms with Crippen LogP contribution in [0.15, 0.2) is 72.1 Å². The fourth-order valence-corrected chi connectivity index (χ4v) is 4.10. The van der Waals surface area contributed by atoms with Gasteiger partial charge < -0.3 is 15.1 Å². The van der Waals surface area contributed by atoms with E-state index in [1.165, 1.54) is 5.56 Å². The molecule has 2 aromatic carbocycles. The van der Waals surface area contributed by atoms with Crippen LogP contribution < -0.4 is 5.32 Å². The molecular formula is C26H31N3O2S. The zero-order valence-corrected chi connectivity index (χ0v) is 19.8. The molecule has 3 rings (SSSR count). The summed E-state index contributed by atoms with van der Waals surface area (Å²) in [4.78, 5) is 30.8. The van der Waals surface area contributed by atoms with Gasteiger partial charge in [0, 0.05) is 23.2 Å². The van der Waals surface area contributed by atoms with Crippen LogP contribution in [0.25, 0.3) is 0 Å². The third kappa shape index (κ3) is 6.69. The number of hydrogen-bond donors (Lipinski definition) is 1. The summed E-state index contributed by atoms with van der Waals surface area (Å²) < 4.78 is 0. The van der Waals surface area contributed by atoms with Crippen LogP contribution in [-0.2, 0) is 24.3 Å². The van der Waals surface area contributed by atoms with E-state index < -0.39 is 0 Å². The van der Waals surface area contributed by atoms with E-state index in [1.54, 1.807) is 16.2 Å². The van der Waals surface area contributed by atoms with Crippen molar-refractivity contribution >= 4 is 29.0 Å². The smallest absolute Gasteiger partial charge is 0.322 e. The molecule has 1 N–H and O–H groups in total. The van der Waals surface area contributed by atoms with Crippen molar-refractivity contribution in [2.24, 2.45) is 0 Å². The molecule has 0 spiro atoms. The van der Waals surface area contributed by atoms with E-state index in [4.69, 9.17) is 0 Å². The first-order valence-corrected chi connectivity index (χ1v) is 11.8. The van der Waals surface area contributed by atoms with Crippen LogP contribution >= 0.6 is 11.3 Å². The van der Waals surface area contributed by atoms with Crippen molar-refractivity contribution in [3.63, 3.8) is 0 Å². The summed E-state index contributed by atoms with van der Waals surface area (Å²) in [5.74, 6) is -0.0765. The molecule has 168 valence electrons. The summed E-state index contributed by atoms with van der Waals surface area (Å²) in [5.41, 5.74) is 3.00. The highest BCUT2D eigenvalue weighted by molar-refractivity contribution is 7.09. The molecular weight excluding hydrogens is 418 g/mol. The maximum absolute atomic E-state index is 13.3. The average molecular weight is 450 g/mol. The number of urea groups is 1. The molecule has 6 heteroatoms. The number of carbonyl (C=O) groups is 2. The Morgan fingerprint density at radius 1 is 0.906 bits per heavy atom. The normalized spacial score (nSPS) is 10.8. The molecule has 0 aliphatic carbocycles. The van der Waals surface area contributed by atoms with Gasteiger partial charge in [-0.1, -0.05) is 55.5 Å². The summed E-state index contributed by atoms with van der Waals surface area (Å²) in [6.07, 6.45) is 0.947. The van der Waals surface area contributed by atoms with E-state index in [9.17, 15) is 9.59 Å². The number of anilines is 1. The lowest BCUT2D eigenvalue weighted by molar-refractivity contribution is -0.133. The molecule has 0 aliphatic rings. The summed E-state index contributed by atoms with van der Waals surface area (Å²) in [6.45, 7) is 6.99. The summed E-state index contributed by atoms with van der Waals surface area (Å²) >= 11 is 1.63. The molecule has 0 saturated heterocycles. The Hall–Kier alpha value is -3.12. The summed E-state index contributed by atoms with van der Waals surface area (Å²) in [7, 11) is 0. The monoisotopic (exact) mass is 449 g/mol. The molecule has 0 unspecified atom stereocenters. The second-order valence-electron chi connectivity index (χ2n) is 8.02. The molecule has 1 aromatic heterocycles. The predicted molar refractivity (Wildman–Crippen MR) is 132 cm³/mol. The second-order valence-corrected chi connectivity index (χ2v) is 9.05. The molecule has 0 saturated carbocycles.